The van der Waals surface area contributed by atoms with E-state index in [9.17, 15) is 0 Å². The largest absolute Gasteiger partial charge is 0.313 e. The van der Waals surface area contributed by atoms with Crippen LogP contribution >= 0.6 is 0 Å². The maximum Gasteiger partial charge on any atom is 0.125 e. The smallest absolute Gasteiger partial charge is 0.125 e. The molecule has 21 heavy (non-hydrogen) atoms. The van der Waals surface area contributed by atoms with Crippen LogP contribution in [0.4, 0.5) is 0 Å². The zero-order valence-corrected chi connectivity index (χ0v) is 14.0. The zero-order valence-electron chi connectivity index (χ0n) is 14.0. The van der Waals surface area contributed by atoms with Gasteiger partial charge in [-0.2, -0.15) is 0 Å². The summed E-state index contributed by atoms with van der Waals surface area (Å²) >= 11 is 0. The molecule has 0 amide bonds. The van der Waals surface area contributed by atoms with Gasteiger partial charge in [0.25, 0.3) is 0 Å². The summed E-state index contributed by atoms with van der Waals surface area (Å²) in [4.78, 5) is 0. The summed E-state index contributed by atoms with van der Waals surface area (Å²) in [5, 5.41) is 0. The van der Waals surface area contributed by atoms with Crippen LogP contribution in [-0.2, 0) is 5.54 Å². The SMILES string of the molecule is CC(C)[N+]1(C2(c3ccccc3)CCCCC2)CCCCC1. The number of nitrogens with zero attached hydrogens (tertiary/aromatic N) is 1. The molecule has 1 heterocycles. The van der Waals surface area contributed by atoms with E-state index in [1.807, 2.05) is 0 Å². The second kappa shape index (κ2) is 6.12. The molecule has 1 aromatic carbocycles. The molecule has 1 heteroatoms. The van der Waals surface area contributed by atoms with Gasteiger partial charge in [0.2, 0.25) is 0 Å². The molecule has 1 aliphatic heterocycles. The molecule has 0 bridgehead atoms. The Balaban J connectivity index is 2.09. The van der Waals surface area contributed by atoms with E-state index in [0.29, 0.717) is 5.54 Å². The normalized spacial score (nSPS) is 24.9. The van der Waals surface area contributed by atoms with Crippen molar-refractivity contribution in [3.8, 4) is 0 Å². The average molecular weight is 286 g/mol. The second-order valence-corrected chi connectivity index (χ2v) is 7.59. The molecule has 1 aliphatic carbocycles. The van der Waals surface area contributed by atoms with Gasteiger partial charge in [0.1, 0.15) is 5.54 Å². The number of benzene rings is 1. The molecule has 3 rings (SSSR count). The van der Waals surface area contributed by atoms with E-state index in [1.165, 1.54) is 68.9 Å². The third-order valence-corrected chi connectivity index (χ3v) is 6.45. The van der Waals surface area contributed by atoms with E-state index in [-0.39, 0.29) is 0 Å². The number of hydrogen-bond acceptors (Lipinski definition) is 0. The predicted octanol–water partition coefficient (Wildman–Crippen LogP) is 5.26. The van der Waals surface area contributed by atoms with Gasteiger partial charge in [0.15, 0.2) is 0 Å². The maximum absolute atomic E-state index is 2.48. The number of quaternary nitrogens is 1. The number of hydrogen-bond donors (Lipinski definition) is 0. The van der Waals surface area contributed by atoms with E-state index in [0.717, 1.165) is 6.04 Å². The van der Waals surface area contributed by atoms with Crippen molar-refractivity contribution in [1.82, 2.24) is 0 Å². The van der Waals surface area contributed by atoms with Gasteiger partial charge in [-0.3, -0.25) is 0 Å². The van der Waals surface area contributed by atoms with Crippen molar-refractivity contribution in [2.75, 3.05) is 13.1 Å². The lowest BCUT2D eigenvalue weighted by Crippen LogP contribution is -2.68. The van der Waals surface area contributed by atoms with Crippen LogP contribution in [0, 0.1) is 0 Å². The molecule has 116 valence electrons. The highest BCUT2D eigenvalue weighted by atomic mass is 15.4. The van der Waals surface area contributed by atoms with Crippen molar-refractivity contribution in [3.05, 3.63) is 35.9 Å². The molecule has 1 aromatic rings. The highest BCUT2D eigenvalue weighted by Gasteiger charge is 2.54. The van der Waals surface area contributed by atoms with E-state index in [4.69, 9.17) is 0 Å². The summed E-state index contributed by atoms with van der Waals surface area (Å²) in [5.41, 5.74) is 2.02. The Morgan fingerprint density at radius 2 is 1.38 bits per heavy atom. The Kier molecular flexibility index (Phi) is 4.40. The monoisotopic (exact) mass is 286 g/mol. The summed E-state index contributed by atoms with van der Waals surface area (Å²) in [5.74, 6) is 0. The lowest BCUT2D eigenvalue weighted by Gasteiger charge is -2.59. The molecule has 0 N–H and O–H groups in total. The third kappa shape index (κ3) is 2.44. The standard InChI is InChI=1S/C20H32N/c1-18(2)21(16-10-5-11-17-21)20(14-8-4-9-15-20)19-12-6-3-7-13-19/h3,6-7,12-13,18H,4-5,8-11,14-17H2,1-2H3/q+1. The van der Waals surface area contributed by atoms with Crippen molar-refractivity contribution >= 4 is 0 Å². The number of rotatable bonds is 3. The van der Waals surface area contributed by atoms with Crippen LogP contribution in [0.25, 0.3) is 0 Å². The first-order chi connectivity index (χ1) is 10.2. The summed E-state index contributed by atoms with van der Waals surface area (Å²) in [6, 6.07) is 12.3. The fourth-order valence-electron chi connectivity index (χ4n) is 5.39. The second-order valence-electron chi connectivity index (χ2n) is 7.59. The molecular formula is C20H32N+. The molecule has 0 atom stereocenters. The zero-order chi connectivity index (χ0) is 14.8. The minimum atomic E-state index is 0.397. The van der Waals surface area contributed by atoms with E-state index >= 15 is 0 Å². The quantitative estimate of drug-likeness (QED) is 0.665. The van der Waals surface area contributed by atoms with Gasteiger partial charge >= 0.3 is 0 Å². The van der Waals surface area contributed by atoms with Gasteiger partial charge in [-0.05, 0) is 46.0 Å². The van der Waals surface area contributed by atoms with E-state index < -0.39 is 0 Å². The van der Waals surface area contributed by atoms with Crippen molar-refractivity contribution in [1.29, 1.82) is 0 Å². The molecule has 0 unspecified atom stereocenters. The Bertz CT molecular complexity index is 436. The van der Waals surface area contributed by atoms with Crippen molar-refractivity contribution < 1.29 is 4.48 Å². The molecular weight excluding hydrogens is 254 g/mol. The van der Waals surface area contributed by atoms with Crippen LogP contribution in [0.2, 0.25) is 0 Å². The summed E-state index contributed by atoms with van der Waals surface area (Å²) < 4.78 is 1.36. The molecule has 0 spiro atoms. The Hall–Kier alpha value is -0.820. The van der Waals surface area contributed by atoms with Crippen molar-refractivity contribution in [2.45, 2.75) is 76.8 Å². The number of piperidine rings is 1. The summed E-state index contributed by atoms with van der Waals surface area (Å²) in [6.07, 6.45) is 11.4. The van der Waals surface area contributed by atoms with Crippen LogP contribution in [0.3, 0.4) is 0 Å². The van der Waals surface area contributed by atoms with Gasteiger partial charge < -0.3 is 4.48 Å². The topological polar surface area (TPSA) is 0 Å². The van der Waals surface area contributed by atoms with Gasteiger partial charge in [-0.25, -0.2) is 0 Å². The highest BCUT2D eigenvalue weighted by Crippen LogP contribution is 2.50. The van der Waals surface area contributed by atoms with Crippen LogP contribution in [0.5, 0.6) is 0 Å². The van der Waals surface area contributed by atoms with E-state index in [1.54, 1.807) is 5.56 Å². The third-order valence-electron chi connectivity index (χ3n) is 6.45. The minimum Gasteiger partial charge on any atom is -0.313 e. The molecule has 2 fully saturated rings. The summed E-state index contributed by atoms with van der Waals surface area (Å²) in [7, 11) is 0. The average Bonchev–Trinajstić information content (AvgIpc) is 2.57. The Morgan fingerprint density at radius 1 is 0.810 bits per heavy atom. The Labute approximate surface area is 130 Å². The molecule has 1 saturated carbocycles. The first kappa shape index (κ1) is 15.1. The fraction of sp³-hybridized carbons (Fsp3) is 0.700. The molecule has 0 radical (unpaired) electrons. The summed E-state index contributed by atoms with van der Waals surface area (Å²) in [6.45, 7) is 7.74. The maximum atomic E-state index is 2.48. The van der Waals surface area contributed by atoms with Crippen LogP contribution in [0.15, 0.2) is 30.3 Å². The first-order valence-electron chi connectivity index (χ1n) is 9.14. The Morgan fingerprint density at radius 3 is 1.95 bits per heavy atom. The van der Waals surface area contributed by atoms with Crippen LogP contribution in [0.1, 0.15) is 70.8 Å². The van der Waals surface area contributed by atoms with Crippen molar-refractivity contribution in [3.63, 3.8) is 0 Å². The lowest BCUT2D eigenvalue weighted by molar-refractivity contribution is -1.01. The van der Waals surface area contributed by atoms with Crippen LogP contribution in [-0.4, -0.2) is 23.6 Å². The molecule has 0 aromatic heterocycles. The lowest BCUT2D eigenvalue weighted by atomic mass is 9.71. The van der Waals surface area contributed by atoms with Gasteiger partial charge in [0, 0.05) is 18.4 Å². The fourth-order valence-corrected chi connectivity index (χ4v) is 5.39. The first-order valence-corrected chi connectivity index (χ1v) is 9.14. The van der Waals surface area contributed by atoms with Crippen molar-refractivity contribution in [2.24, 2.45) is 0 Å². The van der Waals surface area contributed by atoms with Crippen LogP contribution < -0.4 is 0 Å². The van der Waals surface area contributed by atoms with Gasteiger partial charge in [-0.1, -0.05) is 36.8 Å². The highest BCUT2D eigenvalue weighted by molar-refractivity contribution is 5.23. The van der Waals surface area contributed by atoms with Gasteiger partial charge in [0.05, 0.1) is 19.1 Å². The minimum absolute atomic E-state index is 0.397. The molecule has 1 saturated heterocycles. The number of likely N-dealkylation sites (tertiary alicyclic amines) is 1. The van der Waals surface area contributed by atoms with Gasteiger partial charge in [-0.15, -0.1) is 0 Å². The molecule has 1 nitrogen and oxygen atoms in total. The van der Waals surface area contributed by atoms with E-state index in [2.05, 4.69) is 44.2 Å². The predicted molar refractivity (Wildman–Crippen MR) is 90.2 cm³/mol. The molecule has 2 aliphatic rings.